The van der Waals surface area contributed by atoms with E-state index in [9.17, 15) is 4.79 Å². The number of thiazole rings is 1. The Hall–Kier alpha value is -0.980. The highest BCUT2D eigenvalue weighted by Gasteiger charge is 2.22. The van der Waals surface area contributed by atoms with Crippen LogP contribution in [0.5, 0.6) is 0 Å². The standard InChI is InChI=1S/C11H18N4OS/c1-8-7-17-11(13-8)14-10(16)6-15-3-2-9(4-12)5-15/h7,9H,2-6,12H2,1H3,(H,13,14,16). The summed E-state index contributed by atoms with van der Waals surface area (Å²) in [6.07, 6.45) is 1.10. The van der Waals surface area contributed by atoms with Gasteiger partial charge in [0.15, 0.2) is 5.13 Å². The van der Waals surface area contributed by atoms with Gasteiger partial charge in [0, 0.05) is 11.9 Å². The molecule has 1 fully saturated rings. The van der Waals surface area contributed by atoms with Gasteiger partial charge in [-0.2, -0.15) is 0 Å². The van der Waals surface area contributed by atoms with Gasteiger partial charge in [-0.15, -0.1) is 11.3 Å². The van der Waals surface area contributed by atoms with Gasteiger partial charge in [-0.25, -0.2) is 4.98 Å². The van der Waals surface area contributed by atoms with Gasteiger partial charge >= 0.3 is 0 Å². The molecule has 0 radical (unpaired) electrons. The number of aromatic nitrogens is 1. The van der Waals surface area contributed by atoms with E-state index in [0.717, 1.165) is 25.2 Å². The van der Waals surface area contributed by atoms with E-state index in [2.05, 4.69) is 15.2 Å². The number of aryl methyl sites for hydroxylation is 1. The van der Waals surface area contributed by atoms with Crippen LogP contribution in [-0.4, -0.2) is 42.0 Å². The van der Waals surface area contributed by atoms with Crippen LogP contribution in [0, 0.1) is 12.8 Å². The third kappa shape index (κ3) is 3.49. The molecule has 3 N–H and O–H groups in total. The first-order chi connectivity index (χ1) is 8.17. The van der Waals surface area contributed by atoms with Crippen LogP contribution in [0.3, 0.4) is 0 Å². The molecule has 5 nitrogen and oxygen atoms in total. The Morgan fingerprint density at radius 1 is 1.76 bits per heavy atom. The quantitative estimate of drug-likeness (QED) is 0.828. The van der Waals surface area contributed by atoms with E-state index in [1.807, 2.05) is 12.3 Å². The van der Waals surface area contributed by atoms with Crippen molar-refractivity contribution < 1.29 is 4.79 Å². The fraction of sp³-hybridized carbons (Fsp3) is 0.636. The molecule has 1 aromatic rings. The molecule has 0 aliphatic carbocycles. The smallest absolute Gasteiger partial charge is 0.240 e. The molecule has 94 valence electrons. The van der Waals surface area contributed by atoms with E-state index in [1.165, 1.54) is 11.3 Å². The van der Waals surface area contributed by atoms with Gasteiger partial charge in [-0.05, 0) is 32.4 Å². The summed E-state index contributed by atoms with van der Waals surface area (Å²) in [7, 11) is 0. The Morgan fingerprint density at radius 2 is 2.59 bits per heavy atom. The highest BCUT2D eigenvalue weighted by atomic mass is 32.1. The highest BCUT2D eigenvalue weighted by Crippen LogP contribution is 2.16. The minimum absolute atomic E-state index is 0.0111. The Balaban J connectivity index is 1.78. The van der Waals surface area contributed by atoms with Gasteiger partial charge in [0.1, 0.15) is 0 Å². The molecule has 1 aliphatic rings. The van der Waals surface area contributed by atoms with E-state index in [-0.39, 0.29) is 5.91 Å². The summed E-state index contributed by atoms with van der Waals surface area (Å²) in [4.78, 5) is 18.1. The minimum Gasteiger partial charge on any atom is -0.330 e. The predicted octanol–water partition coefficient (Wildman–Crippen LogP) is 0.671. The zero-order valence-electron chi connectivity index (χ0n) is 9.98. The second-order valence-corrected chi connectivity index (χ2v) is 5.33. The number of hydrogen-bond donors (Lipinski definition) is 2. The van der Waals surface area contributed by atoms with Crippen molar-refractivity contribution in [2.75, 3.05) is 31.5 Å². The van der Waals surface area contributed by atoms with E-state index < -0.39 is 0 Å². The maximum absolute atomic E-state index is 11.8. The maximum atomic E-state index is 11.8. The first-order valence-electron chi connectivity index (χ1n) is 5.82. The van der Waals surface area contributed by atoms with Crippen LogP contribution in [0.2, 0.25) is 0 Å². The molecule has 0 aromatic carbocycles. The number of carbonyl (C=O) groups is 1. The summed E-state index contributed by atoms with van der Waals surface area (Å²) in [5.74, 6) is 0.557. The molecular formula is C11H18N4OS. The lowest BCUT2D eigenvalue weighted by atomic mass is 10.1. The fourth-order valence-corrected chi connectivity index (χ4v) is 2.73. The van der Waals surface area contributed by atoms with Gasteiger partial charge in [0.05, 0.1) is 12.2 Å². The molecule has 2 heterocycles. The van der Waals surface area contributed by atoms with E-state index >= 15 is 0 Å². The third-order valence-corrected chi connectivity index (χ3v) is 3.81. The number of nitrogens with zero attached hydrogens (tertiary/aromatic N) is 2. The average molecular weight is 254 g/mol. The Labute approximate surface area is 105 Å². The monoisotopic (exact) mass is 254 g/mol. The normalized spacial score (nSPS) is 20.7. The highest BCUT2D eigenvalue weighted by molar-refractivity contribution is 7.13. The molecule has 0 bridgehead atoms. The Kier molecular flexibility index (Phi) is 4.09. The number of nitrogens with two attached hydrogens (primary N) is 1. The fourth-order valence-electron chi connectivity index (χ4n) is 2.02. The van der Waals surface area contributed by atoms with Crippen molar-refractivity contribution in [2.45, 2.75) is 13.3 Å². The van der Waals surface area contributed by atoms with Crippen LogP contribution in [0.15, 0.2) is 5.38 Å². The number of nitrogens with one attached hydrogen (secondary N) is 1. The number of hydrogen-bond acceptors (Lipinski definition) is 5. The lowest BCUT2D eigenvalue weighted by molar-refractivity contribution is -0.117. The lowest BCUT2D eigenvalue weighted by Crippen LogP contribution is -2.32. The zero-order valence-corrected chi connectivity index (χ0v) is 10.8. The largest absolute Gasteiger partial charge is 0.330 e. The number of amides is 1. The molecule has 1 amide bonds. The van der Waals surface area contributed by atoms with Gasteiger partial charge in [-0.1, -0.05) is 0 Å². The molecule has 6 heteroatoms. The summed E-state index contributed by atoms with van der Waals surface area (Å²) in [6.45, 7) is 4.96. The predicted molar refractivity (Wildman–Crippen MR) is 69.1 cm³/mol. The number of anilines is 1. The maximum Gasteiger partial charge on any atom is 0.240 e. The third-order valence-electron chi connectivity index (χ3n) is 2.94. The van der Waals surface area contributed by atoms with Crippen LogP contribution in [0.25, 0.3) is 0 Å². The van der Waals surface area contributed by atoms with Crippen molar-refractivity contribution in [1.29, 1.82) is 0 Å². The van der Waals surface area contributed by atoms with E-state index in [1.54, 1.807) is 0 Å². The van der Waals surface area contributed by atoms with Crippen molar-refractivity contribution in [3.63, 3.8) is 0 Å². The van der Waals surface area contributed by atoms with Crippen molar-refractivity contribution in [3.05, 3.63) is 11.1 Å². The summed E-state index contributed by atoms with van der Waals surface area (Å²) in [5, 5.41) is 5.43. The Morgan fingerprint density at radius 3 is 3.18 bits per heavy atom. The molecule has 0 saturated carbocycles. The van der Waals surface area contributed by atoms with E-state index in [0.29, 0.717) is 24.1 Å². The van der Waals surface area contributed by atoms with Crippen LogP contribution in [-0.2, 0) is 4.79 Å². The van der Waals surface area contributed by atoms with Crippen LogP contribution in [0.4, 0.5) is 5.13 Å². The van der Waals surface area contributed by atoms with Crippen LogP contribution < -0.4 is 11.1 Å². The minimum atomic E-state index is 0.0111. The summed E-state index contributed by atoms with van der Waals surface area (Å²) in [5.41, 5.74) is 6.56. The molecule has 2 rings (SSSR count). The summed E-state index contributed by atoms with van der Waals surface area (Å²) >= 11 is 1.46. The van der Waals surface area contributed by atoms with Crippen molar-refractivity contribution in [1.82, 2.24) is 9.88 Å². The second-order valence-electron chi connectivity index (χ2n) is 4.47. The zero-order chi connectivity index (χ0) is 12.3. The van der Waals surface area contributed by atoms with Gasteiger partial charge in [-0.3, -0.25) is 9.69 Å². The summed E-state index contributed by atoms with van der Waals surface area (Å²) in [6, 6.07) is 0. The molecule has 0 spiro atoms. The Bertz CT molecular complexity index is 393. The van der Waals surface area contributed by atoms with Crippen molar-refractivity contribution in [3.8, 4) is 0 Å². The molecule has 1 unspecified atom stereocenters. The molecular weight excluding hydrogens is 236 g/mol. The van der Waals surface area contributed by atoms with Crippen LogP contribution in [0.1, 0.15) is 12.1 Å². The van der Waals surface area contributed by atoms with Gasteiger partial charge in [0.25, 0.3) is 0 Å². The van der Waals surface area contributed by atoms with Crippen LogP contribution >= 0.6 is 11.3 Å². The van der Waals surface area contributed by atoms with Gasteiger partial charge in [0.2, 0.25) is 5.91 Å². The number of carbonyl (C=O) groups excluding carboxylic acids is 1. The first kappa shape index (κ1) is 12.5. The second kappa shape index (κ2) is 5.57. The number of likely N-dealkylation sites (tertiary alicyclic amines) is 1. The first-order valence-corrected chi connectivity index (χ1v) is 6.69. The number of rotatable bonds is 4. The molecule has 1 saturated heterocycles. The molecule has 17 heavy (non-hydrogen) atoms. The topological polar surface area (TPSA) is 71.2 Å². The van der Waals surface area contributed by atoms with Crippen molar-refractivity contribution in [2.24, 2.45) is 11.7 Å². The molecule has 1 aliphatic heterocycles. The average Bonchev–Trinajstić information content (AvgIpc) is 2.88. The SMILES string of the molecule is Cc1csc(NC(=O)CN2CCC(CN)C2)n1. The molecule has 1 aromatic heterocycles. The molecule has 1 atom stereocenters. The lowest BCUT2D eigenvalue weighted by Gasteiger charge is -2.14. The summed E-state index contributed by atoms with van der Waals surface area (Å²) < 4.78 is 0. The van der Waals surface area contributed by atoms with Crippen molar-refractivity contribution >= 4 is 22.4 Å². The van der Waals surface area contributed by atoms with E-state index in [4.69, 9.17) is 5.73 Å². The van der Waals surface area contributed by atoms with Gasteiger partial charge < -0.3 is 11.1 Å².